The average molecular weight is 371 g/mol. The van der Waals surface area contributed by atoms with Crippen LogP contribution in [0.3, 0.4) is 0 Å². The Morgan fingerprint density at radius 1 is 1.58 bits per heavy atom. The first-order valence-electron chi connectivity index (χ1n) is 5.17. The van der Waals surface area contributed by atoms with Crippen molar-refractivity contribution < 1.29 is 13.6 Å². The maximum absolute atomic E-state index is 12.2. The molecule has 1 rings (SSSR count). The van der Waals surface area contributed by atoms with Crippen LogP contribution in [0.2, 0.25) is 5.02 Å². The van der Waals surface area contributed by atoms with Gasteiger partial charge in [0.05, 0.1) is 9.92 Å². The van der Waals surface area contributed by atoms with E-state index >= 15 is 0 Å². The van der Waals surface area contributed by atoms with Crippen molar-refractivity contribution in [1.29, 1.82) is 0 Å². The molecule has 0 spiro atoms. The van der Waals surface area contributed by atoms with Crippen LogP contribution < -0.4 is 5.73 Å². The number of rotatable bonds is 5. The normalized spacial score (nSPS) is 12.9. The van der Waals surface area contributed by atoms with Gasteiger partial charge in [-0.3, -0.25) is 0 Å². The largest absolute Gasteiger partial charge is 0.409 e. The van der Waals surface area contributed by atoms with E-state index in [0.717, 1.165) is 4.31 Å². The molecule has 0 heterocycles. The molecule has 0 unspecified atom stereocenters. The van der Waals surface area contributed by atoms with Crippen LogP contribution in [-0.2, 0) is 10.0 Å². The fraction of sp³-hybridized carbons (Fsp3) is 0.300. The maximum atomic E-state index is 12.2. The predicted molar refractivity (Wildman–Crippen MR) is 77.0 cm³/mol. The molecule has 0 saturated carbocycles. The van der Waals surface area contributed by atoms with Crippen molar-refractivity contribution in [2.75, 3.05) is 13.6 Å². The number of oxime groups is 1. The van der Waals surface area contributed by atoms with Crippen molar-refractivity contribution in [1.82, 2.24) is 4.31 Å². The third-order valence-corrected chi connectivity index (χ3v) is 5.48. The zero-order valence-electron chi connectivity index (χ0n) is 10.0. The average Bonchev–Trinajstić information content (AvgIpc) is 2.38. The number of benzene rings is 1. The summed E-state index contributed by atoms with van der Waals surface area (Å²) in [6.45, 7) is 0.110. The first-order chi connectivity index (χ1) is 8.78. The molecule has 1 aromatic carbocycles. The van der Waals surface area contributed by atoms with Crippen LogP contribution in [0.5, 0.6) is 0 Å². The van der Waals surface area contributed by atoms with Crippen LogP contribution in [0.15, 0.2) is 32.7 Å². The van der Waals surface area contributed by atoms with Gasteiger partial charge in [0.1, 0.15) is 5.84 Å². The van der Waals surface area contributed by atoms with Gasteiger partial charge in [-0.25, -0.2) is 12.7 Å². The second kappa shape index (κ2) is 6.56. The first-order valence-corrected chi connectivity index (χ1v) is 7.78. The fourth-order valence-corrected chi connectivity index (χ4v) is 3.11. The van der Waals surface area contributed by atoms with Crippen molar-refractivity contribution in [3.05, 3.63) is 27.7 Å². The zero-order valence-corrected chi connectivity index (χ0v) is 13.2. The highest BCUT2D eigenvalue weighted by molar-refractivity contribution is 9.10. The Morgan fingerprint density at radius 3 is 2.74 bits per heavy atom. The van der Waals surface area contributed by atoms with E-state index in [1.165, 1.54) is 25.2 Å². The molecule has 3 N–H and O–H groups in total. The third kappa shape index (κ3) is 4.07. The van der Waals surface area contributed by atoms with Gasteiger partial charge < -0.3 is 10.9 Å². The van der Waals surface area contributed by atoms with Gasteiger partial charge in [-0.05, 0) is 34.1 Å². The van der Waals surface area contributed by atoms with Crippen LogP contribution in [0.1, 0.15) is 6.42 Å². The minimum atomic E-state index is -3.63. The van der Waals surface area contributed by atoms with E-state index in [4.69, 9.17) is 22.5 Å². The number of hydrogen-bond acceptors (Lipinski definition) is 4. The van der Waals surface area contributed by atoms with Crippen LogP contribution >= 0.6 is 27.5 Å². The lowest BCUT2D eigenvalue weighted by atomic mass is 10.4. The fourth-order valence-electron chi connectivity index (χ4n) is 1.26. The summed E-state index contributed by atoms with van der Waals surface area (Å²) in [5, 5.41) is 11.6. The highest BCUT2D eigenvalue weighted by Gasteiger charge is 2.21. The van der Waals surface area contributed by atoms with Gasteiger partial charge in [0, 0.05) is 24.5 Å². The molecule has 0 amide bonds. The van der Waals surface area contributed by atoms with E-state index < -0.39 is 10.0 Å². The number of nitrogens with zero attached hydrogens (tertiary/aromatic N) is 2. The van der Waals surface area contributed by atoms with Gasteiger partial charge in [-0.15, -0.1) is 0 Å². The number of nitrogens with two attached hydrogens (primary N) is 1. The number of hydrogen-bond donors (Lipinski definition) is 2. The topological polar surface area (TPSA) is 96.0 Å². The zero-order chi connectivity index (χ0) is 14.6. The summed E-state index contributed by atoms with van der Waals surface area (Å²) >= 11 is 8.99. The smallest absolute Gasteiger partial charge is 0.242 e. The van der Waals surface area contributed by atoms with Crippen molar-refractivity contribution in [3.63, 3.8) is 0 Å². The van der Waals surface area contributed by atoms with E-state index in [-0.39, 0.29) is 23.7 Å². The number of amidine groups is 1. The van der Waals surface area contributed by atoms with E-state index in [2.05, 4.69) is 21.1 Å². The molecule has 1 aromatic rings. The molecule has 9 heteroatoms. The van der Waals surface area contributed by atoms with Gasteiger partial charge in [0.2, 0.25) is 10.0 Å². The van der Waals surface area contributed by atoms with Gasteiger partial charge in [0.25, 0.3) is 0 Å². The molecular weight excluding hydrogens is 358 g/mol. The summed E-state index contributed by atoms with van der Waals surface area (Å²) in [7, 11) is -2.21. The van der Waals surface area contributed by atoms with E-state index in [0.29, 0.717) is 9.50 Å². The minimum absolute atomic E-state index is 0.0284. The monoisotopic (exact) mass is 369 g/mol. The van der Waals surface area contributed by atoms with Gasteiger partial charge in [0.15, 0.2) is 0 Å². The highest BCUT2D eigenvalue weighted by Crippen LogP contribution is 2.26. The second-order valence-electron chi connectivity index (χ2n) is 3.74. The molecule has 0 radical (unpaired) electrons. The van der Waals surface area contributed by atoms with E-state index in [9.17, 15) is 8.42 Å². The molecule has 6 nitrogen and oxygen atoms in total. The molecule has 106 valence electrons. The molecule has 0 aliphatic carbocycles. The molecule has 19 heavy (non-hydrogen) atoms. The van der Waals surface area contributed by atoms with Gasteiger partial charge >= 0.3 is 0 Å². The maximum Gasteiger partial charge on any atom is 0.242 e. The highest BCUT2D eigenvalue weighted by atomic mass is 79.9. The SMILES string of the molecule is CN(CC/C(N)=N/O)S(=O)(=O)c1ccc(Cl)c(Br)c1. The molecule has 0 saturated heterocycles. The molecular formula is C10H13BrClN3O3S. The first kappa shape index (κ1) is 16.2. The Labute approximate surface area is 125 Å². The van der Waals surface area contributed by atoms with Gasteiger partial charge in [-0.2, -0.15) is 0 Å². The molecule has 0 bridgehead atoms. The van der Waals surface area contributed by atoms with Crippen molar-refractivity contribution in [2.24, 2.45) is 10.9 Å². The van der Waals surface area contributed by atoms with Crippen molar-refractivity contribution >= 4 is 43.4 Å². The standard InChI is InChI=1S/C10H13BrClN3O3S/c1-15(5-4-10(13)14-16)19(17,18)7-2-3-9(12)8(11)6-7/h2-3,6,16H,4-5H2,1H3,(H2,13,14). The summed E-state index contributed by atoms with van der Waals surface area (Å²) in [6, 6.07) is 4.34. The third-order valence-electron chi connectivity index (χ3n) is 2.41. The lowest BCUT2D eigenvalue weighted by molar-refractivity contribution is 0.316. The second-order valence-corrected chi connectivity index (χ2v) is 7.05. The van der Waals surface area contributed by atoms with Crippen LogP contribution in [0.4, 0.5) is 0 Å². The Hall–Kier alpha value is -0.830. The Bertz CT molecular complexity index is 592. The Morgan fingerprint density at radius 2 is 2.21 bits per heavy atom. The van der Waals surface area contributed by atoms with E-state index in [1.807, 2.05) is 0 Å². The molecule has 0 fully saturated rings. The molecule has 0 atom stereocenters. The van der Waals surface area contributed by atoms with E-state index in [1.54, 1.807) is 0 Å². The van der Waals surface area contributed by atoms with Gasteiger partial charge in [-0.1, -0.05) is 16.8 Å². The van der Waals surface area contributed by atoms with Crippen LogP contribution in [0.25, 0.3) is 0 Å². The number of sulfonamides is 1. The summed E-state index contributed by atoms with van der Waals surface area (Å²) in [4.78, 5) is 0.116. The van der Waals surface area contributed by atoms with Crippen molar-refractivity contribution in [3.8, 4) is 0 Å². The quantitative estimate of drug-likeness (QED) is 0.358. The minimum Gasteiger partial charge on any atom is -0.409 e. The molecule has 0 aliphatic heterocycles. The van der Waals surface area contributed by atoms with Crippen LogP contribution in [-0.4, -0.2) is 37.4 Å². The summed E-state index contributed by atoms with van der Waals surface area (Å²) < 4.78 is 26.1. The lowest BCUT2D eigenvalue weighted by Gasteiger charge is -2.17. The lowest BCUT2D eigenvalue weighted by Crippen LogP contribution is -2.30. The Balaban J connectivity index is 2.93. The molecule has 0 aliphatic rings. The summed E-state index contributed by atoms with van der Waals surface area (Å²) in [6.07, 6.45) is 0.140. The number of halogens is 2. The summed E-state index contributed by atoms with van der Waals surface area (Å²) in [5.41, 5.74) is 5.30. The van der Waals surface area contributed by atoms with Crippen molar-refractivity contribution in [2.45, 2.75) is 11.3 Å². The van der Waals surface area contributed by atoms with Crippen LogP contribution in [0, 0.1) is 0 Å². The summed E-state index contributed by atoms with van der Waals surface area (Å²) in [5.74, 6) is -0.0284. The molecule has 0 aromatic heterocycles. The Kier molecular flexibility index (Phi) is 5.60. The predicted octanol–water partition coefficient (Wildman–Crippen LogP) is 1.86.